The predicted octanol–water partition coefficient (Wildman–Crippen LogP) is 5.41. The highest BCUT2D eigenvalue weighted by molar-refractivity contribution is 8.00. The van der Waals surface area contributed by atoms with Gasteiger partial charge in [0, 0.05) is 18.7 Å². The predicted molar refractivity (Wildman–Crippen MR) is 124 cm³/mol. The van der Waals surface area contributed by atoms with E-state index in [0.29, 0.717) is 23.8 Å². The third-order valence-corrected chi connectivity index (χ3v) is 6.97. The van der Waals surface area contributed by atoms with Gasteiger partial charge in [-0.25, -0.2) is 0 Å². The molecule has 1 heterocycles. The number of hydrogen-bond acceptors (Lipinski definition) is 3. The highest BCUT2D eigenvalue weighted by Gasteiger charge is 2.32. The zero-order valence-corrected chi connectivity index (χ0v) is 18.8. The van der Waals surface area contributed by atoms with Crippen LogP contribution in [0.15, 0.2) is 54.6 Å². The molecule has 1 aliphatic rings. The van der Waals surface area contributed by atoms with E-state index < -0.39 is 0 Å². The lowest BCUT2D eigenvalue weighted by atomic mass is 9.99. The molecule has 1 fully saturated rings. The molecule has 0 radical (unpaired) electrons. The van der Waals surface area contributed by atoms with Crippen LogP contribution in [0.4, 0.5) is 0 Å². The summed E-state index contributed by atoms with van der Waals surface area (Å²) in [6.07, 6.45) is 4.65. The van der Waals surface area contributed by atoms with Crippen molar-refractivity contribution in [2.45, 2.75) is 51.4 Å². The number of nitrogens with one attached hydrogen (secondary N) is 1. The maximum atomic E-state index is 12.5. The van der Waals surface area contributed by atoms with Crippen LogP contribution in [0.2, 0.25) is 0 Å². The Morgan fingerprint density at radius 3 is 2.53 bits per heavy atom. The average molecular weight is 425 g/mol. The van der Waals surface area contributed by atoms with E-state index in [1.54, 1.807) is 11.8 Å². The fourth-order valence-corrected chi connectivity index (χ4v) is 4.95. The topological polar surface area (TPSA) is 49.4 Å². The molecule has 0 saturated carbocycles. The van der Waals surface area contributed by atoms with Crippen LogP contribution in [0.5, 0.6) is 0 Å². The lowest BCUT2D eigenvalue weighted by Crippen LogP contribution is -2.29. The Hall–Kier alpha value is -2.27. The van der Waals surface area contributed by atoms with Crippen molar-refractivity contribution in [1.82, 2.24) is 10.2 Å². The summed E-state index contributed by atoms with van der Waals surface area (Å²) in [7, 11) is 0. The van der Waals surface area contributed by atoms with E-state index in [1.165, 1.54) is 12.8 Å². The van der Waals surface area contributed by atoms with Gasteiger partial charge in [-0.05, 0) is 35.6 Å². The van der Waals surface area contributed by atoms with E-state index in [9.17, 15) is 9.59 Å². The van der Waals surface area contributed by atoms with Gasteiger partial charge in [0.2, 0.25) is 5.91 Å². The molecule has 2 atom stereocenters. The Morgan fingerprint density at radius 1 is 1.13 bits per heavy atom. The van der Waals surface area contributed by atoms with Crippen molar-refractivity contribution >= 4 is 23.6 Å². The summed E-state index contributed by atoms with van der Waals surface area (Å²) >= 11 is 1.65. The minimum absolute atomic E-state index is 0.00617. The molecule has 1 saturated heterocycles. The standard InChI is InChI=1S/C25H32N2O2S/c1-3-5-9-19(4-2)16-26-24(29)21-12-14-22(15-13-21)25-27(23(28)18-30-25)17-20-10-7-6-8-11-20/h6-8,10-15,19,25H,3-5,9,16-18H2,1-2H3,(H,26,29)/t19-,25+/m1/s1. The minimum Gasteiger partial charge on any atom is -0.352 e. The van der Waals surface area contributed by atoms with Gasteiger partial charge >= 0.3 is 0 Å². The summed E-state index contributed by atoms with van der Waals surface area (Å²) in [4.78, 5) is 26.9. The van der Waals surface area contributed by atoms with Crippen molar-refractivity contribution < 1.29 is 9.59 Å². The van der Waals surface area contributed by atoms with E-state index in [1.807, 2.05) is 59.5 Å². The summed E-state index contributed by atoms with van der Waals surface area (Å²) in [6.45, 7) is 5.72. The summed E-state index contributed by atoms with van der Waals surface area (Å²) in [5.41, 5.74) is 2.86. The van der Waals surface area contributed by atoms with E-state index in [2.05, 4.69) is 19.2 Å². The van der Waals surface area contributed by atoms with Gasteiger partial charge in [0.15, 0.2) is 0 Å². The van der Waals surface area contributed by atoms with Gasteiger partial charge in [-0.15, -0.1) is 11.8 Å². The fourth-order valence-electron chi connectivity index (χ4n) is 3.76. The number of carbonyl (C=O) groups is 2. The van der Waals surface area contributed by atoms with Crippen LogP contribution >= 0.6 is 11.8 Å². The third kappa shape index (κ3) is 5.88. The van der Waals surface area contributed by atoms with Crippen molar-refractivity contribution in [2.24, 2.45) is 5.92 Å². The summed E-state index contributed by atoms with van der Waals surface area (Å²) < 4.78 is 0. The van der Waals surface area contributed by atoms with Crippen LogP contribution in [-0.2, 0) is 11.3 Å². The molecule has 0 aliphatic carbocycles. The number of hydrogen-bond donors (Lipinski definition) is 1. The van der Waals surface area contributed by atoms with Crippen molar-refractivity contribution in [1.29, 1.82) is 0 Å². The van der Waals surface area contributed by atoms with Crippen molar-refractivity contribution in [2.75, 3.05) is 12.3 Å². The summed E-state index contributed by atoms with van der Waals surface area (Å²) in [6, 6.07) is 17.8. The Bertz CT molecular complexity index is 823. The van der Waals surface area contributed by atoms with E-state index >= 15 is 0 Å². The Morgan fingerprint density at radius 2 is 1.87 bits per heavy atom. The number of nitrogens with zero attached hydrogens (tertiary/aromatic N) is 1. The first-order valence-corrected chi connectivity index (χ1v) is 12.0. The van der Waals surface area contributed by atoms with Gasteiger partial charge in [0.1, 0.15) is 5.37 Å². The Balaban J connectivity index is 1.61. The molecule has 3 rings (SSSR count). The lowest BCUT2D eigenvalue weighted by molar-refractivity contribution is -0.128. The molecule has 5 heteroatoms. The smallest absolute Gasteiger partial charge is 0.251 e. The van der Waals surface area contributed by atoms with E-state index in [-0.39, 0.29) is 17.2 Å². The Labute approximate surface area is 184 Å². The number of benzene rings is 2. The van der Waals surface area contributed by atoms with Crippen LogP contribution in [0.3, 0.4) is 0 Å². The molecule has 2 amide bonds. The maximum absolute atomic E-state index is 12.5. The molecule has 2 aromatic carbocycles. The highest BCUT2D eigenvalue weighted by Crippen LogP contribution is 2.39. The van der Waals surface area contributed by atoms with Crippen LogP contribution in [0.1, 0.15) is 66.4 Å². The number of rotatable bonds is 10. The normalized spacial score (nSPS) is 17.2. The second-order valence-electron chi connectivity index (χ2n) is 7.92. The summed E-state index contributed by atoms with van der Waals surface area (Å²) in [5, 5.41) is 3.08. The second-order valence-corrected chi connectivity index (χ2v) is 8.99. The molecule has 4 nitrogen and oxygen atoms in total. The molecule has 0 unspecified atom stereocenters. The Kier molecular flexibility index (Phi) is 8.38. The first-order chi connectivity index (χ1) is 14.6. The molecular formula is C25H32N2O2S. The summed E-state index contributed by atoms with van der Waals surface area (Å²) in [5.74, 6) is 1.18. The maximum Gasteiger partial charge on any atom is 0.251 e. The zero-order valence-electron chi connectivity index (χ0n) is 18.0. The first-order valence-electron chi connectivity index (χ1n) is 11.0. The molecule has 0 bridgehead atoms. The van der Waals surface area contributed by atoms with Crippen molar-refractivity contribution in [3.05, 3.63) is 71.3 Å². The van der Waals surface area contributed by atoms with Gasteiger partial charge in [0.25, 0.3) is 5.91 Å². The van der Waals surface area contributed by atoms with Gasteiger partial charge in [-0.1, -0.05) is 75.6 Å². The third-order valence-electron chi connectivity index (χ3n) is 5.72. The van der Waals surface area contributed by atoms with Gasteiger partial charge in [-0.2, -0.15) is 0 Å². The number of amides is 2. The van der Waals surface area contributed by atoms with Crippen LogP contribution < -0.4 is 5.32 Å². The number of carbonyl (C=O) groups excluding carboxylic acids is 2. The minimum atomic E-state index is -0.0206. The monoisotopic (exact) mass is 424 g/mol. The van der Waals surface area contributed by atoms with Crippen LogP contribution in [0.25, 0.3) is 0 Å². The molecule has 1 N–H and O–H groups in total. The largest absolute Gasteiger partial charge is 0.352 e. The van der Waals surface area contributed by atoms with Gasteiger partial charge < -0.3 is 10.2 Å². The van der Waals surface area contributed by atoms with Crippen LogP contribution in [-0.4, -0.2) is 29.0 Å². The average Bonchev–Trinajstić information content (AvgIpc) is 3.14. The van der Waals surface area contributed by atoms with Gasteiger partial charge in [0.05, 0.1) is 5.75 Å². The molecule has 160 valence electrons. The fraction of sp³-hybridized carbons (Fsp3) is 0.440. The molecule has 30 heavy (non-hydrogen) atoms. The first kappa shape index (κ1) is 22.4. The molecule has 0 spiro atoms. The zero-order chi connectivity index (χ0) is 21.3. The molecule has 1 aliphatic heterocycles. The quantitative estimate of drug-likeness (QED) is 0.555. The van der Waals surface area contributed by atoms with E-state index in [0.717, 1.165) is 30.5 Å². The molecule has 0 aromatic heterocycles. The molecular weight excluding hydrogens is 392 g/mol. The van der Waals surface area contributed by atoms with Crippen LogP contribution in [0, 0.1) is 5.92 Å². The van der Waals surface area contributed by atoms with Crippen molar-refractivity contribution in [3.63, 3.8) is 0 Å². The van der Waals surface area contributed by atoms with Crippen molar-refractivity contribution in [3.8, 4) is 0 Å². The van der Waals surface area contributed by atoms with E-state index in [4.69, 9.17) is 0 Å². The highest BCUT2D eigenvalue weighted by atomic mass is 32.2. The van der Waals surface area contributed by atoms with Gasteiger partial charge in [-0.3, -0.25) is 9.59 Å². The SMILES string of the molecule is CCCC[C@@H](CC)CNC(=O)c1ccc([C@@H]2SCC(=O)N2Cc2ccccc2)cc1. The molecule has 2 aromatic rings. The number of unbranched alkanes of at least 4 members (excludes halogenated alkanes) is 1. The number of thioether (sulfide) groups is 1. The second kappa shape index (κ2) is 11.2. The lowest BCUT2D eigenvalue weighted by Gasteiger charge is -2.24.